The molecule has 0 spiro atoms. The summed E-state index contributed by atoms with van der Waals surface area (Å²) in [6.07, 6.45) is 10.3. The molecule has 0 atom stereocenters. The molecule has 0 aliphatic carbocycles. The molecule has 2 N–H and O–H groups in total. The Morgan fingerprint density at radius 1 is 1.43 bits per heavy atom. The van der Waals surface area contributed by atoms with Crippen LogP contribution >= 0.6 is 11.8 Å². The topological polar surface area (TPSA) is 24.1 Å². The van der Waals surface area contributed by atoms with Gasteiger partial charge in [-0.05, 0) is 38.0 Å². The van der Waals surface area contributed by atoms with Gasteiger partial charge < -0.3 is 5.43 Å². The highest BCUT2D eigenvalue weighted by Gasteiger charge is 1.98. The first kappa shape index (κ1) is 11.7. The average molecular weight is 212 g/mol. The lowest BCUT2D eigenvalue weighted by Crippen LogP contribution is -2.28. The largest absolute Gasteiger partial charge is 0.328 e. The molecular weight excluding hydrogens is 192 g/mol. The lowest BCUT2D eigenvalue weighted by Gasteiger charge is -2.10. The van der Waals surface area contributed by atoms with Crippen LogP contribution in [0, 0.1) is 0 Å². The van der Waals surface area contributed by atoms with Crippen molar-refractivity contribution in [1.82, 2.24) is 10.9 Å². The van der Waals surface area contributed by atoms with Gasteiger partial charge in [0.05, 0.1) is 0 Å². The minimum atomic E-state index is 1.05. The van der Waals surface area contributed by atoms with E-state index in [0.717, 1.165) is 12.3 Å². The maximum Gasteiger partial charge on any atom is 0.0196 e. The van der Waals surface area contributed by atoms with Crippen molar-refractivity contribution in [2.45, 2.75) is 26.2 Å². The molecule has 1 aliphatic heterocycles. The van der Waals surface area contributed by atoms with E-state index in [1.54, 1.807) is 0 Å². The van der Waals surface area contributed by atoms with Gasteiger partial charge in [-0.3, -0.25) is 0 Å². The number of allylic oxidation sites excluding steroid dienone is 2. The zero-order chi connectivity index (χ0) is 10.2. The van der Waals surface area contributed by atoms with Crippen LogP contribution in [0.5, 0.6) is 0 Å². The Labute approximate surface area is 91.2 Å². The number of rotatable bonds is 2. The smallest absolute Gasteiger partial charge is 0.0196 e. The maximum atomic E-state index is 3.19. The van der Waals surface area contributed by atoms with Gasteiger partial charge in [-0.15, -0.1) is 0 Å². The highest BCUT2D eigenvalue weighted by atomic mass is 32.2. The summed E-state index contributed by atoms with van der Waals surface area (Å²) in [6, 6.07) is 0. The van der Waals surface area contributed by atoms with Crippen molar-refractivity contribution in [2.24, 2.45) is 0 Å². The molecule has 0 aromatic heterocycles. The lowest BCUT2D eigenvalue weighted by molar-refractivity contribution is 0.576. The first-order valence-corrected chi connectivity index (χ1v) is 6.56. The molecule has 0 aromatic carbocycles. The Bertz CT molecular complexity index is 221. The SMILES string of the molecule is CSCC1=CNNCCCCC(C)=C1. The molecule has 3 heteroatoms. The second kappa shape index (κ2) is 6.96. The van der Waals surface area contributed by atoms with Crippen LogP contribution in [0.1, 0.15) is 26.2 Å². The molecule has 0 aromatic rings. The molecule has 2 nitrogen and oxygen atoms in total. The second-order valence-electron chi connectivity index (χ2n) is 3.67. The molecule has 0 saturated heterocycles. The minimum absolute atomic E-state index is 1.05. The fourth-order valence-corrected chi connectivity index (χ4v) is 2.01. The van der Waals surface area contributed by atoms with Gasteiger partial charge in [-0.25, -0.2) is 5.43 Å². The van der Waals surface area contributed by atoms with Crippen molar-refractivity contribution in [1.29, 1.82) is 0 Å². The average Bonchev–Trinajstić information content (AvgIpc) is 2.17. The van der Waals surface area contributed by atoms with E-state index in [1.807, 2.05) is 11.8 Å². The van der Waals surface area contributed by atoms with Crippen molar-refractivity contribution < 1.29 is 0 Å². The minimum Gasteiger partial charge on any atom is -0.328 e. The molecular formula is C11H20N2S. The number of hydrogen-bond donors (Lipinski definition) is 2. The maximum absolute atomic E-state index is 3.19. The van der Waals surface area contributed by atoms with Crippen LogP contribution in [0.25, 0.3) is 0 Å². The van der Waals surface area contributed by atoms with Gasteiger partial charge >= 0.3 is 0 Å². The number of nitrogens with one attached hydrogen (secondary N) is 2. The van der Waals surface area contributed by atoms with Gasteiger partial charge in [0.2, 0.25) is 0 Å². The quantitative estimate of drug-likeness (QED) is 0.735. The number of thioether (sulfide) groups is 1. The summed E-state index contributed by atoms with van der Waals surface area (Å²) in [4.78, 5) is 0. The van der Waals surface area contributed by atoms with Crippen LogP contribution in [0.3, 0.4) is 0 Å². The summed E-state index contributed by atoms with van der Waals surface area (Å²) in [6.45, 7) is 3.28. The second-order valence-corrected chi connectivity index (χ2v) is 4.54. The highest BCUT2D eigenvalue weighted by molar-refractivity contribution is 7.98. The molecule has 0 radical (unpaired) electrons. The van der Waals surface area contributed by atoms with Gasteiger partial charge in [0, 0.05) is 18.5 Å². The van der Waals surface area contributed by atoms with E-state index >= 15 is 0 Å². The van der Waals surface area contributed by atoms with Crippen LogP contribution < -0.4 is 10.9 Å². The Hall–Kier alpha value is -0.410. The lowest BCUT2D eigenvalue weighted by atomic mass is 10.1. The van der Waals surface area contributed by atoms with E-state index < -0.39 is 0 Å². The first-order valence-electron chi connectivity index (χ1n) is 5.16. The van der Waals surface area contributed by atoms with Gasteiger partial charge in [0.15, 0.2) is 0 Å². The number of hydrogen-bond acceptors (Lipinski definition) is 3. The molecule has 1 rings (SSSR count). The summed E-state index contributed by atoms with van der Waals surface area (Å²) in [5.41, 5.74) is 9.19. The normalized spacial score (nSPS) is 19.3. The molecule has 0 bridgehead atoms. The van der Waals surface area contributed by atoms with E-state index in [2.05, 4.69) is 36.3 Å². The molecule has 0 fully saturated rings. The highest BCUT2D eigenvalue weighted by Crippen LogP contribution is 2.13. The fraction of sp³-hybridized carbons (Fsp3) is 0.636. The summed E-state index contributed by atoms with van der Waals surface area (Å²) in [5, 5.41) is 0. The van der Waals surface area contributed by atoms with E-state index in [4.69, 9.17) is 0 Å². The summed E-state index contributed by atoms with van der Waals surface area (Å²) < 4.78 is 0. The predicted molar refractivity (Wildman–Crippen MR) is 65.2 cm³/mol. The standard InChI is InChI=1S/C11H20N2S/c1-10-5-3-4-6-12-13-8-11(7-10)9-14-2/h7-8,12-13H,3-6,9H2,1-2H3. The third kappa shape index (κ3) is 4.72. The predicted octanol–water partition coefficient (Wildman–Crippen LogP) is 2.46. The van der Waals surface area contributed by atoms with Crippen LogP contribution in [-0.4, -0.2) is 18.6 Å². The Balaban J connectivity index is 2.60. The van der Waals surface area contributed by atoms with Gasteiger partial charge in [-0.2, -0.15) is 11.8 Å². The van der Waals surface area contributed by atoms with Crippen molar-refractivity contribution in [3.8, 4) is 0 Å². The summed E-state index contributed by atoms with van der Waals surface area (Å²) in [7, 11) is 0. The van der Waals surface area contributed by atoms with E-state index in [9.17, 15) is 0 Å². The van der Waals surface area contributed by atoms with Crippen molar-refractivity contribution in [2.75, 3.05) is 18.6 Å². The third-order valence-corrected chi connectivity index (χ3v) is 2.85. The third-order valence-electron chi connectivity index (χ3n) is 2.23. The molecule has 1 heterocycles. The molecule has 80 valence electrons. The van der Waals surface area contributed by atoms with E-state index in [-0.39, 0.29) is 0 Å². The van der Waals surface area contributed by atoms with Gasteiger partial charge in [-0.1, -0.05) is 11.6 Å². The summed E-state index contributed by atoms with van der Waals surface area (Å²) >= 11 is 1.86. The zero-order valence-corrected chi connectivity index (χ0v) is 9.91. The summed E-state index contributed by atoms with van der Waals surface area (Å²) in [5.74, 6) is 1.08. The zero-order valence-electron chi connectivity index (χ0n) is 9.10. The van der Waals surface area contributed by atoms with Crippen LogP contribution in [-0.2, 0) is 0 Å². The molecule has 14 heavy (non-hydrogen) atoms. The Kier molecular flexibility index (Phi) is 5.80. The van der Waals surface area contributed by atoms with Gasteiger partial charge in [0.25, 0.3) is 0 Å². The van der Waals surface area contributed by atoms with Gasteiger partial charge in [0.1, 0.15) is 0 Å². The molecule has 0 unspecified atom stereocenters. The van der Waals surface area contributed by atoms with Crippen molar-refractivity contribution in [3.05, 3.63) is 23.4 Å². The molecule has 1 aliphatic rings. The molecule has 0 saturated carbocycles. The van der Waals surface area contributed by atoms with E-state index in [1.165, 1.54) is 30.4 Å². The van der Waals surface area contributed by atoms with Crippen LogP contribution in [0.4, 0.5) is 0 Å². The fourth-order valence-electron chi connectivity index (χ4n) is 1.51. The monoisotopic (exact) mass is 212 g/mol. The Morgan fingerprint density at radius 2 is 2.29 bits per heavy atom. The van der Waals surface area contributed by atoms with E-state index in [0.29, 0.717) is 0 Å². The number of hydrazine groups is 1. The first-order chi connectivity index (χ1) is 6.83. The van der Waals surface area contributed by atoms with Crippen molar-refractivity contribution in [3.63, 3.8) is 0 Å². The molecule has 0 amide bonds. The van der Waals surface area contributed by atoms with Crippen molar-refractivity contribution >= 4 is 11.8 Å². The Morgan fingerprint density at radius 3 is 3.07 bits per heavy atom. The van der Waals surface area contributed by atoms with Crippen LogP contribution in [0.15, 0.2) is 23.4 Å². The van der Waals surface area contributed by atoms with Crippen LogP contribution in [0.2, 0.25) is 0 Å².